The van der Waals surface area contributed by atoms with Gasteiger partial charge in [-0.3, -0.25) is 0 Å². The third-order valence-corrected chi connectivity index (χ3v) is 2.72. The Morgan fingerprint density at radius 2 is 2.46 bits per heavy atom. The van der Waals surface area contributed by atoms with Gasteiger partial charge in [-0.25, -0.2) is 4.98 Å². The van der Waals surface area contributed by atoms with Gasteiger partial charge in [0, 0.05) is 6.04 Å². The fourth-order valence-electron chi connectivity index (χ4n) is 1.14. The molecule has 1 saturated heterocycles. The molecule has 1 aliphatic heterocycles. The van der Waals surface area contributed by atoms with Crippen molar-refractivity contribution in [2.75, 3.05) is 13.2 Å². The van der Waals surface area contributed by atoms with E-state index < -0.39 is 0 Å². The first-order chi connectivity index (χ1) is 6.34. The summed E-state index contributed by atoms with van der Waals surface area (Å²) in [5, 5.41) is 3.28. The normalized spacial score (nSPS) is 20.8. The summed E-state index contributed by atoms with van der Waals surface area (Å²) in [6.07, 6.45) is 2.98. The quantitative estimate of drug-likeness (QED) is 0.675. The molecule has 0 spiro atoms. The van der Waals surface area contributed by atoms with Crippen molar-refractivity contribution < 1.29 is 4.74 Å². The molecule has 1 aromatic heterocycles. The van der Waals surface area contributed by atoms with Crippen LogP contribution in [0.5, 0.6) is 5.75 Å². The molecule has 4 heteroatoms. The highest BCUT2D eigenvalue weighted by atomic mass is 127. The molecule has 0 amide bonds. The van der Waals surface area contributed by atoms with E-state index in [1.165, 1.54) is 6.42 Å². The van der Waals surface area contributed by atoms with Crippen LogP contribution in [0.4, 0.5) is 0 Å². The highest BCUT2D eigenvalue weighted by molar-refractivity contribution is 14.1. The van der Waals surface area contributed by atoms with E-state index in [1.54, 1.807) is 6.20 Å². The van der Waals surface area contributed by atoms with Crippen molar-refractivity contribution in [2.24, 2.45) is 0 Å². The first kappa shape index (κ1) is 9.21. The molecule has 1 N–H and O–H groups in total. The van der Waals surface area contributed by atoms with E-state index in [1.807, 2.05) is 12.1 Å². The van der Waals surface area contributed by atoms with Crippen molar-refractivity contribution in [2.45, 2.75) is 12.5 Å². The average Bonchev–Trinajstić information content (AvgIpc) is 2.05. The third kappa shape index (κ3) is 2.54. The zero-order valence-corrected chi connectivity index (χ0v) is 9.32. The number of halogens is 1. The van der Waals surface area contributed by atoms with Gasteiger partial charge in [0.1, 0.15) is 16.1 Å². The average molecular weight is 290 g/mol. The molecule has 1 atom stereocenters. The Kier molecular flexibility index (Phi) is 3.00. The summed E-state index contributed by atoms with van der Waals surface area (Å²) in [5.41, 5.74) is 0. The van der Waals surface area contributed by atoms with Crippen LogP contribution in [-0.2, 0) is 0 Å². The minimum Gasteiger partial charge on any atom is -0.490 e. The Bertz CT molecular complexity index is 271. The van der Waals surface area contributed by atoms with Crippen LogP contribution in [0.1, 0.15) is 6.42 Å². The van der Waals surface area contributed by atoms with E-state index in [0.717, 1.165) is 22.6 Å². The van der Waals surface area contributed by atoms with Gasteiger partial charge in [-0.1, -0.05) is 0 Å². The van der Waals surface area contributed by atoms with Crippen LogP contribution < -0.4 is 10.1 Å². The van der Waals surface area contributed by atoms with Gasteiger partial charge < -0.3 is 10.1 Å². The van der Waals surface area contributed by atoms with Crippen LogP contribution >= 0.6 is 22.6 Å². The lowest BCUT2D eigenvalue weighted by molar-refractivity contribution is 0.217. The molecule has 0 unspecified atom stereocenters. The first-order valence-corrected chi connectivity index (χ1v) is 5.40. The van der Waals surface area contributed by atoms with Gasteiger partial charge in [0.15, 0.2) is 0 Å². The number of nitrogens with zero attached hydrogens (tertiary/aromatic N) is 1. The minimum absolute atomic E-state index is 0.541. The van der Waals surface area contributed by atoms with Gasteiger partial charge in [0.2, 0.25) is 0 Å². The maximum Gasteiger partial charge on any atom is 0.137 e. The van der Waals surface area contributed by atoms with Crippen molar-refractivity contribution in [3.8, 4) is 5.75 Å². The zero-order valence-electron chi connectivity index (χ0n) is 7.16. The molecule has 0 bridgehead atoms. The third-order valence-electron chi connectivity index (χ3n) is 2.08. The second-order valence-electron chi connectivity index (χ2n) is 3.07. The van der Waals surface area contributed by atoms with E-state index in [4.69, 9.17) is 4.74 Å². The van der Waals surface area contributed by atoms with E-state index in [-0.39, 0.29) is 0 Å². The SMILES string of the molecule is Ic1ccc(OC[C@@H]2CCN2)cn1. The predicted molar refractivity (Wildman–Crippen MR) is 58.9 cm³/mol. The molecule has 2 heterocycles. The summed E-state index contributed by atoms with van der Waals surface area (Å²) in [7, 11) is 0. The maximum atomic E-state index is 5.54. The van der Waals surface area contributed by atoms with Gasteiger partial charge in [-0.2, -0.15) is 0 Å². The van der Waals surface area contributed by atoms with Crippen molar-refractivity contribution in [3.05, 3.63) is 22.0 Å². The molecule has 1 fully saturated rings. The van der Waals surface area contributed by atoms with Crippen LogP contribution in [-0.4, -0.2) is 24.2 Å². The molecule has 0 saturated carbocycles. The Hall–Kier alpha value is -0.360. The summed E-state index contributed by atoms with van der Waals surface area (Å²) in [4.78, 5) is 4.14. The zero-order chi connectivity index (χ0) is 9.10. The number of nitrogens with one attached hydrogen (secondary N) is 1. The number of rotatable bonds is 3. The summed E-state index contributed by atoms with van der Waals surface area (Å²) in [6.45, 7) is 1.88. The molecular formula is C9H11IN2O. The van der Waals surface area contributed by atoms with E-state index in [9.17, 15) is 0 Å². The van der Waals surface area contributed by atoms with Crippen LogP contribution in [0.15, 0.2) is 18.3 Å². The highest BCUT2D eigenvalue weighted by Crippen LogP contribution is 2.12. The van der Waals surface area contributed by atoms with Crippen LogP contribution in [0.25, 0.3) is 0 Å². The Balaban J connectivity index is 1.83. The molecule has 0 aromatic carbocycles. The van der Waals surface area contributed by atoms with Crippen molar-refractivity contribution in [1.82, 2.24) is 10.3 Å². The lowest BCUT2D eigenvalue weighted by atomic mass is 10.1. The van der Waals surface area contributed by atoms with E-state index in [0.29, 0.717) is 6.04 Å². The summed E-state index contributed by atoms with van der Waals surface area (Å²) in [6, 6.07) is 4.44. The number of ether oxygens (including phenoxy) is 1. The molecule has 3 nitrogen and oxygen atoms in total. The molecule has 1 aliphatic rings. The summed E-state index contributed by atoms with van der Waals surface area (Å²) in [5.74, 6) is 0.856. The van der Waals surface area contributed by atoms with Crippen LogP contribution in [0.3, 0.4) is 0 Å². The van der Waals surface area contributed by atoms with Crippen LogP contribution in [0, 0.1) is 3.70 Å². The maximum absolute atomic E-state index is 5.54. The minimum atomic E-state index is 0.541. The molecule has 13 heavy (non-hydrogen) atoms. The largest absolute Gasteiger partial charge is 0.490 e. The topological polar surface area (TPSA) is 34.1 Å². The van der Waals surface area contributed by atoms with Gasteiger partial charge in [-0.05, 0) is 47.7 Å². The predicted octanol–water partition coefficient (Wildman–Crippen LogP) is 1.43. The van der Waals surface area contributed by atoms with Crippen molar-refractivity contribution in [1.29, 1.82) is 0 Å². The van der Waals surface area contributed by atoms with Crippen molar-refractivity contribution >= 4 is 22.6 Å². The summed E-state index contributed by atoms with van der Waals surface area (Å²) >= 11 is 2.18. The Labute approximate surface area is 91.0 Å². The van der Waals surface area contributed by atoms with Crippen LogP contribution in [0.2, 0.25) is 0 Å². The number of hydrogen-bond donors (Lipinski definition) is 1. The lowest BCUT2D eigenvalue weighted by Crippen LogP contribution is -2.46. The van der Waals surface area contributed by atoms with Gasteiger partial charge in [0.05, 0.1) is 6.20 Å². The Morgan fingerprint density at radius 3 is 3.00 bits per heavy atom. The first-order valence-electron chi connectivity index (χ1n) is 4.32. The fourth-order valence-corrected chi connectivity index (χ4v) is 1.45. The number of pyridine rings is 1. The molecule has 0 radical (unpaired) electrons. The van der Waals surface area contributed by atoms with E-state index in [2.05, 4.69) is 32.9 Å². The lowest BCUT2D eigenvalue weighted by Gasteiger charge is -2.27. The second-order valence-corrected chi connectivity index (χ2v) is 4.17. The Morgan fingerprint density at radius 1 is 1.62 bits per heavy atom. The summed E-state index contributed by atoms with van der Waals surface area (Å²) < 4.78 is 6.53. The number of aromatic nitrogens is 1. The highest BCUT2D eigenvalue weighted by Gasteiger charge is 2.16. The van der Waals surface area contributed by atoms with E-state index >= 15 is 0 Å². The molecule has 2 rings (SSSR count). The smallest absolute Gasteiger partial charge is 0.137 e. The molecule has 70 valence electrons. The fraction of sp³-hybridized carbons (Fsp3) is 0.444. The number of hydrogen-bond acceptors (Lipinski definition) is 3. The monoisotopic (exact) mass is 290 g/mol. The molecule has 0 aliphatic carbocycles. The standard InChI is InChI=1S/C9H11IN2O/c10-9-2-1-8(5-12-9)13-6-7-3-4-11-7/h1-2,5,7,11H,3-4,6H2/t7-/m0/s1. The van der Waals surface area contributed by atoms with Gasteiger partial charge in [0.25, 0.3) is 0 Å². The van der Waals surface area contributed by atoms with Gasteiger partial charge >= 0.3 is 0 Å². The van der Waals surface area contributed by atoms with Gasteiger partial charge in [-0.15, -0.1) is 0 Å². The van der Waals surface area contributed by atoms with Crippen molar-refractivity contribution in [3.63, 3.8) is 0 Å². The molecule has 1 aromatic rings. The molecular weight excluding hydrogens is 279 g/mol. The second kappa shape index (κ2) is 4.23.